The number of rotatable bonds is 4. The summed E-state index contributed by atoms with van der Waals surface area (Å²) in [6.07, 6.45) is 6.40. The van der Waals surface area contributed by atoms with Crippen molar-refractivity contribution in [3.05, 3.63) is 32.7 Å². The summed E-state index contributed by atoms with van der Waals surface area (Å²) in [6.45, 7) is -0.152. The number of phenolic OH excluding ortho intramolecular Hbond substituents is 1. The Bertz CT molecular complexity index is 780. The van der Waals surface area contributed by atoms with Gasteiger partial charge >= 0.3 is 5.69 Å². The molecule has 1 fully saturated rings. The SMILES string of the molecule is C#CCN1C(=O)S/C(=C\c2cc(OC)c(O)c([N+](=O)[O-])c2)C1=O. The van der Waals surface area contributed by atoms with Crippen molar-refractivity contribution in [2.45, 2.75) is 0 Å². The summed E-state index contributed by atoms with van der Waals surface area (Å²) >= 11 is 0.678. The maximum absolute atomic E-state index is 12.1. The molecular weight excluding hydrogens is 324 g/mol. The molecule has 0 unspecified atom stereocenters. The molecule has 0 saturated carbocycles. The Morgan fingerprint density at radius 1 is 1.52 bits per heavy atom. The smallest absolute Gasteiger partial charge is 0.315 e. The first-order valence-corrected chi connectivity index (χ1v) is 6.95. The number of nitro groups is 1. The van der Waals surface area contributed by atoms with Crippen LogP contribution < -0.4 is 4.74 Å². The fourth-order valence-electron chi connectivity index (χ4n) is 1.87. The summed E-state index contributed by atoms with van der Waals surface area (Å²) in [5, 5.41) is 20.1. The van der Waals surface area contributed by atoms with E-state index in [1.54, 1.807) is 0 Å². The number of hydrogen-bond acceptors (Lipinski definition) is 7. The Morgan fingerprint density at radius 3 is 2.78 bits per heavy atom. The Hall–Kier alpha value is -2.99. The van der Waals surface area contributed by atoms with E-state index in [0.29, 0.717) is 11.8 Å². The van der Waals surface area contributed by atoms with Crippen LogP contribution in [-0.4, -0.2) is 39.7 Å². The molecule has 0 radical (unpaired) electrons. The molecule has 23 heavy (non-hydrogen) atoms. The van der Waals surface area contributed by atoms with Crippen molar-refractivity contribution in [2.24, 2.45) is 0 Å². The lowest BCUT2D eigenvalue weighted by molar-refractivity contribution is -0.386. The number of imide groups is 1. The number of methoxy groups -OCH3 is 1. The van der Waals surface area contributed by atoms with Crippen molar-refractivity contribution in [2.75, 3.05) is 13.7 Å². The van der Waals surface area contributed by atoms with Gasteiger partial charge in [0.15, 0.2) is 5.75 Å². The zero-order chi connectivity index (χ0) is 17.1. The average Bonchev–Trinajstić information content (AvgIpc) is 2.76. The molecular formula is C14H10N2O6S. The quantitative estimate of drug-likeness (QED) is 0.388. The number of carbonyl (C=O) groups excluding carboxylic acids is 2. The Labute approximate surface area is 134 Å². The molecule has 2 amide bonds. The fraction of sp³-hybridized carbons (Fsp3) is 0.143. The molecule has 0 bridgehead atoms. The number of nitrogens with zero attached hydrogens (tertiary/aromatic N) is 2. The van der Waals surface area contributed by atoms with Crippen molar-refractivity contribution in [3.63, 3.8) is 0 Å². The van der Waals surface area contributed by atoms with Crippen LogP contribution in [0.3, 0.4) is 0 Å². The number of amides is 2. The van der Waals surface area contributed by atoms with Gasteiger partial charge in [-0.05, 0) is 29.5 Å². The summed E-state index contributed by atoms with van der Waals surface area (Å²) in [5.41, 5.74) is -0.337. The van der Waals surface area contributed by atoms with Gasteiger partial charge < -0.3 is 9.84 Å². The van der Waals surface area contributed by atoms with E-state index in [1.807, 2.05) is 0 Å². The molecule has 2 rings (SSSR count). The third-order valence-electron chi connectivity index (χ3n) is 2.91. The molecule has 8 nitrogen and oxygen atoms in total. The van der Waals surface area contributed by atoms with Crippen molar-refractivity contribution in [1.29, 1.82) is 0 Å². The highest BCUT2D eigenvalue weighted by molar-refractivity contribution is 8.18. The standard InChI is InChI=1S/C14H10N2O6S/c1-3-4-15-13(18)11(23-14(15)19)7-8-5-9(16(20)21)12(17)10(6-8)22-2/h1,5-7,17H,4H2,2H3/b11-7-. The average molecular weight is 334 g/mol. The van der Waals surface area contributed by atoms with Gasteiger partial charge in [-0.2, -0.15) is 0 Å². The van der Waals surface area contributed by atoms with Gasteiger partial charge in [0.1, 0.15) is 0 Å². The largest absolute Gasteiger partial charge is 0.500 e. The second kappa shape index (κ2) is 6.41. The summed E-state index contributed by atoms with van der Waals surface area (Å²) < 4.78 is 4.87. The first-order chi connectivity index (χ1) is 10.9. The normalized spacial score (nSPS) is 15.8. The number of aromatic hydroxyl groups is 1. The third kappa shape index (κ3) is 3.12. The lowest BCUT2D eigenvalue weighted by atomic mass is 10.1. The van der Waals surface area contributed by atoms with Gasteiger partial charge in [-0.3, -0.25) is 24.6 Å². The number of benzene rings is 1. The molecule has 9 heteroatoms. The van der Waals surface area contributed by atoms with Gasteiger partial charge in [0.2, 0.25) is 5.75 Å². The van der Waals surface area contributed by atoms with E-state index < -0.39 is 27.5 Å². The summed E-state index contributed by atoms with van der Waals surface area (Å²) in [7, 11) is 1.24. The van der Waals surface area contributed by atoms with Gasteiger partial charge in [-0.15, -0.1) is 6.42 Å². The maximum Gasteiger partial charge on any atom is 0.315 e. The van der Waals surface area contributed by atoms with Crippen LogP contribution in [-0.2, 0) is 4.79 Å². The second-order valence-corrected chi connectivity index (χ2v) is 5.31. The van der Waals surface area contributed by atoms with Gasteiger partial charge in [-0.1, -0.05) is 5.92 Å². The molecule has 0 atom stereocenters. The highest BCUT2D eigenvalue weighted by Crippen LogP contribution is 2.39. The van der Waals surface area contributed by atoms with Crippen LogP contribution in [0.15, 0.2) is 17.0 Å². The number of nitro benzene ring substituents is 1. The Balaban J connectivity index is 2.46. The predicted octanol–water partition coefficient (Wildman–Crippen LogP) is 1.98. The van der Waals surface area contributed by atoms with Crippen LogP contribution in [0.1, 0.15) is 5.56 Å². The number of carbonyl (C=O) groups is 2. The van der Waals surface area contributed by atoms with Gasteiger partial charge in [0.05, 0.1) is 23.5 Å². The molecule has 0 aromatic heterocycles. The molecule has 118 valence electrons. The number of terminal acetylenes is 1. The predicted molar refractivity (Wildman–Crippen MR) is 82.8 cm³/mol. The summed E-state index contributed by atoms with van der Waals surface area (Å²) in [6, 6.07) is 2.39. The number of ether oxygens (including phenoxy) is 1. The summed E-state index contributed by atoms with van der Waals surface area (Å²) in [5.74, 6) is 0.897. The van der Waals surface area contributed by atoms with E-state index >= 15 is 0 Å². The van der Waals surface area contributed by atoms with Gasteiger partial charge in [0, 0.05) is 6.07 Å². The Morgan fingerprint density at radius 2 is 2.22 bits per heavy atom. The summed E-state index contributed by atoms with van der Waals surface area (Å²) in [4.78, 5) is 34.9. The van der Waals surface area contributed by atoms with Crippen LogP contribution in [0.4, 0.5) is 10.5 Å². The van der Waals surface area contributed by atoms with Crippen LogP contribution in [0.25, 0.3) is 6.08 Å². The van der Waals surface area contributed by atoms with Crippen LogP contribution in [0.5, 0.6) is 11.5 Å². The van der Waals surface area contributed by atoms with Gasteiger partial charge in [0.25, 0.3) is 11.1 Å². The monoisotopic (exact) mass is 334 g/mol. The first-order valence-electron chi connectivity index (χ1n) is 6.13. The number of phenols is 1. The van der Waals surface area contributed by atoms with E-state index in [1.165, 1.54) is 19.3 Å². The molecule has 1 aliphatic rings. The molecule has 1 saturated heterocycles. The minimum atomic E-state index is -0.779. The molecule has 1 aromatic rings. The number of hydrogen-bond donors (Lipinski definition) is 1. The zero-order valence-electron chi connectivity index (χ0n) is 11.8. The minimum Gasteiger partial charge on any atom is -0.500 e. The molecule has 1 aromatic carbocycles. The van der Waals surface area contributed by atoms with Gasteiger partial charge in [-0.25, -0.2) is 0 Å². The zero-order valence-corrected chi connectivity index (χ0v) is 12.6. The highest BCUT2D eigenvalue weighted by Gasteiger charge is 2.34. The van der Waals surface area contributed by atoms with E-state index in [-0.39, 0.29) is 22.8 Å². The second-order valence-electron chi connectivity index (χ2n) is 4.32. The maximum atomic E-state index is 12.1. The topological polar surface area (TPSA) is 110 Å². The minimum absolute atomic E-state index is 0.0762. The fourth-order valence-corrected chi connectivity index (χ4v) is 2.71. The van der Waals surface area contributed by atoms with Crippen molar-refractivity contribution in [1.82, 2.24) is 4.90 Å². The number of thioether (sulfide) groups is 1. The van der Waals surface area contributed by atoms with Crippen LogP contribution in [0.2, 0.25) is 0 Å². The van der Waals surface area contributed by atoms with Crippen molar-refractivity contribution in [3.8, 4) is 23.8 Å². The van der Waals surface area contributed by atoms with Crippen molar-refractivity contribution < 1.29 is 24.4 Å². The van der Waals surface area contributed by atoms with E-state index in [4.69, 9.17) is 11.2 Å². The lowest BCUT2D eigenvalue weighted by Gasteiger charge is -2.07. The van der Waals surface area contributed by atoms with Crippen molar-refractivity contribution >= 4 is 34.7 Å². The molecule has 0 spiro atoms. The molecule has 1 aliphatic heterocycles. The van der Waals surface area contributed by atoms with E-state index in [0.717, 1.165) is 11.0 Å². The third-order valence-corrected chi connectivity index (χ3v) is 3.82. The molecule has 1 N–H and O–H groups in total. The van der Waals surface area contributed by atoms with E-state index in [9.17, 15) is 24.8 Å². The Kier molecular flexibility index (Phi) is 4.57. The molecule has 0 aliphatic carbocycles. The van der Waals surface area contributed by atoms with E-state index in [2.05, 4.69) is 5.92 Å². The first kappa shape index (κ1) is 16.4. The molecule has 1 heterocycles. The van der Waals surface area contributed by atoms with Crippen LogP contribution >= 0.6 is 11.8 Å². The van der Waals surface area contributed by atoms with Crippen LogP contribution in [0, 0.1) is 22.5 Å². The lowest BCUT2D eigenvalue weighted by Crippen LogP contribution is -2.28. The highest BCUT2D eigenvalue weighted by atomic mass is 32.2.